The van der Waals surface area contributed by atoms with Gasteiger partial charge in [-0.2, -0.15) is 4.98 Å². The fourth-order valence-corrected chi connectivity index (χ4v) is 2.26. The highest BCUT2D eigenvalue weighted by Crippen LogP contribution is 2.30. The van der Waals surface area contributed by atoms with Gasteiger partial charge in [-0.15, -0.1) is 0 Å². The van der Waals surface area contributed by atoms with E-state index < -0.39 is 0 Å². The highest BCUT2D eigenvalue weighted by molar-refractivity contribution is 7.98. The molecule has 0 aliphatic carbocycles. The number of thioether (sulfide) groups is 1. The Morgan fingerprint density at radius 2 is 2.10 bits per heavy atom. The molecule has 0 unspecified atom stereocenters. The maximum Gasteiger partial charge on any atom is 0.225 e. The van der Waals surface area contributed by atoms with Crippen LogP contribution in [-0.4, -0.2) is 22.8 Å². The Bertz CT molecular complexity index is 607. The normalized spacial score (nSPS) is 10.4. The standard InChI is InChI=1S/C14H16ClN3OS/c1-4-16-12-8-13(18-14(17-12)20-3)19-11-6-5-9(2)7-10(11)15/h5-8H,4H2,1-3H3,(H,16,17,18). The molecule has 1 N–H and O–H groups in total. The van der Waals surface area contributed by atoms with E-state index in [-0.39, 0.29) is 0 Å². The highest BCUT2D eigenvalue weighted by Gasteiger charge is 2.08. The smallest absolute Gasteiger partial charge is 0.225 e. The summed E-state index contributed by atoms with van der Waals surface area (Å²) >= 11 is 7.63. The molecule has 1 aromatic heterocycles. The highest BCUT2D eigenvalue weighted by atomic mass is 35.5. The predicted molar refractivity (Wildman–Crippen MR) is 84.2 cm³/mol. The topological polar surface area (TPSA) is 47.0 Å². The molecule has 0 spiro atoms. The minimum atomic E-state index is 0.478. The Labute approximate surface area is 127 Å². The van der Waals surface area contributed by atoms with Crippen molar-refractivity contribution >= 4 is 29.2 Å². The molecule has 0 aliphatic rings. The van der Waals surface area contributed by atoms with E-state index in [1.807, 2.05) is 38.3 Å². The van der Waals surface area contributed by atoms with Crippen LogP contribution in [0.2, 0.25) is 5.02 Å². The molecule has 0 aliphatic heterocycles. The van der Waals surface area contributed by atoms with E-state index in [1.165, 1.54) is 11.8 Å². The minimum Gasteiger partial charge on any atom is -0.437 e. The quantitative estimate of drug-likeness (QED) is 0.656. The number of ether oxygens (including phenoxy) is 1. The molecule has 0 amide bonds. The zero-order valence-electron chi connectivity index (χ0n) is 11.6. The van der Waals surface area contributed by atoms with Crippen LogP contribution < -0.4 is 10.1 Å². The number of hydrogen-bond donors (Lipinski definition) is 1. The first kappa shape index (κ1) is 14.9. The molecule has 6 heteroatoms. The number of rotatable bonds is 5. The van der Waals surface area contributed by atoms with Crippen molar-refractivity contribution in [1.82, 2.24) is 9.97 Å². The summed E-state index contributed by atoms with van der Waals surface area (Å²) in [7, 11) is 0. The van der Waals surface area contributed by atoms with E-state index in [0.29, 0.717) is 21.8 Å². The van der Waals surface area contributed by atoms with Gasteiger partial charge in [-0.05, 0) is 37.8 Å². The van der Waals surface area contributed by atoms with Gasteiger partial charge in [0.15, 0.2) is 5.16 Å². The fraction of sp³-hybridized carbons (Fsp3) is 0.286. The van der Waals surface area contributed by atoms with Crippen molar-refractivity contribution in [2.75, 3.05) is 18.1 Å². The average Bonchev–Trinajstić information content (AvgIpc) is 2.42. The van der Waals surface area contributed by atoms with Crippen LogP contribution in [0.25, 0.3) is 0 Å². The van der Waals surface area contributed by atoms with Gasteiger partial charge in [0.2, 0.25) is 5.88 Å². The molecule has 1 heterocycles. The van der Waals surface area contributed by atoms with Crippen molar-refractivity contribution in [3.63, 3.8) is 0 Å². The number of nitrogens with one attached hydrogen (secondary N) is 1. The van der Waals surface area contributed by atoms with Crippen LogP contribution in [0.1, 0.15) is 12.5 Å². The number of aromatic nitrogens is 2. The van der Waals surface area contributed by atoms with Gasteiger partial charge in [-0.3, -0.25) is 0 Å². The van der Waals surface area contributed by atoms with Crippen molar-refractivity contribution in [3.8, 4) is 11.6 Å². The molecule has 20 heavy (non-hydrogen) atoms. The van der Waals surface area contributed by atoms with Crippen molar-refractivity contribution in [1.29, 1.82) is 0 Å². The summed E-state index contributed by atoms with van der Waals surface area (Å²) in [5.41, 5.74) is 1.09. The molecule has 0 saturated carbocycles. The lowest BCUT2D eigenvalue weighted by Crippen LogP contribution is -2.02. The van der Waals surface area contributed by atoms with Crippen LogP contribution in [0.5, 0.6) is 11.6 Å². The lowest BCUT2D eigenvalue weighted by atomic mass is 10.2. The molecule has 0 saturated heterocycles. The van der Waals surface area contributed by atoms with Crippen molar-refractivity contribution in [3.05, 3.63) is 34.9 Å². The van der Waals surface area contributed by atoms with Crippen LogP contribution in [0.3, 0.4) is 0 Å². The van der Waals surface area contributed by atoms with E-state index in [9.17, 15) is 0 Å². The predicted octanol–water partition coefficient (Wildman–Crippen LogP) is 4.38. The Morgan fingerprint density at radius 1 is 1.30 bits per heavy atom. The fourth-order valence-electron chi connectivity index (χ4n) is 1.62. The van der Waals surface area contributed by atoms with Gasteiger partial charge >= 0.3 is 0 Å². The number of aryl methyl sites for hydroxylation is 1. The molecule has 2 rings (SSSR count). The van der Waals surface area contributed by atoms with Crippen LogP contribution in [-0.2, 0) is 0 Å². The Morgan fingerprint density at radius 3 is 2.75 bits per heavy atom. The second-order valence-corrected chi connectivity index (χ2v) is 5.32. The average molecular weight is 310 g/mol. The molecular weight excluding hydrogens is 294 g/mol. The number of hydrogen-bond acceptors (Lipinski definition) is 5. The Balaban J connectivity index is 2.29. The molecule has 106 valence electrons. The van der Waals surface area contributed by atoms with Gasteiger partial charge in [0.05, 0.1) is 5.02 Å². The van der Waals surface area contributed by atoms with E-state index in [2.05, 4.69) is 15.3 Å². The second-order valence-electron chi connectivity index (χ2n) is 4.14. The molecule has 0 radical (unpaired) electrons. The number of halogens is 1. The largest absolute Gasteiger partial charge is 0.437 e. The summed E-state index contributed by atoms with van der Waals surface area (Å²) in [4.78, 5) is 8.67. The van der Waals surface area contributed by atoms with Gasteiger partial charge in [-0.1, -0.05) is 29.4 Å². The summed E-state index contributed by atoms with van der Waals surface area (Å²) in [5, 5.41) is 4.38. The number of benzene rings is 1. The van der Waals surface area contributed by atoms with Gasteiger partial charge in [0, 0.05) is 12.6 Å². The summed E-state index contributed by atoms with van der Waals surface area (Å²) in [5.74, 6) is 1.81. The van der Waals surface area contributed by atoms with E-state index in [4.69, 9.17) is 16.3 Å². The molecule has 2 aromatic rings. The third-order valence-electron chi connectivity index (χ3n) is 2.52. The van der Waals surface area contributed by atoms with E-state index >= 15 is 0 Å². The first-order valence-electron chi connectivity index (χ1n) is 6.23. The van der Waals surface area contributed by atoms with Crippen molar-refractivity contribution in [2.45, 2.75) is 19.0 Å². The van der Waals surface area contributed by atoms with Gasteiger partial charge in [-0.25, -0.2) is 4.98 Å². The van der Waals surface area contributed by atoms with Gasteiger partial charge in [0.1, 0.15) is 11.6 Å². The summed E-state index contributed by atoms with van der Waals surface area (Å²) in [6.45, 7) is 4.78. The van der Waals surface area contributed by atoms with Gasteiger partial charge < -0.3 is 10.1 Å². The monoisotopic (exact) mass is 309 g/mol. The Hall–Kier alpha value is -1.46. The molecule has 0 bridgehead atoms. The SMILES string of the molecule is CCNc1cc(Oc2ccc(C)cc2Cl)nc(SC)n1. The molecule has 0 fully saturated rings. The van der Waals surface area contributed by atoms with Crippen molar-refractivity contribution in [2.24, 2.45) is 0 Å². The third kappa shape index (κ3) is 3.77. The first-order chi connectivity index (χ1) is 9.62. The van der Waals surface area contributed by atoms with E-state index in [1.54, 1.807) is 6.07 Å². The summed E-state index contributed by atoms with van der Waals surface area (Å²) in [6.07, 6.45) is 1.92. The minimum absolute atomic E-state index is 0.478. The zero-order valence-corrected chi connectivity index (χ0v) is 13.2. The molecular formula is C14H16ClN3OS. The lowest BCUT2D eigenvalue weighted by molar-refractivity contribution is 0.456. The summed E-state index contributed by atoms with van der Waals surface area (Å²) < 4.78 is 5.76. The van der Waals surface area contributed by atoms with Crippen LogP contribution in [0, 0.1) is 6.92 Å². The summed E-state index contributed by atoms with van der Waals surface area (Å²) in [6, 6.07) is 7.41. The Kier molecular flexibility index (Phi) is 5.09. The zero-order chi connectivity index (χ0) is 14.5. The molecule has 1 aromatic carbocycles. The molecule has 4 nitrogen and oxygen atoms in total. The van der Waals surface area contributed by atoms with E-state index in [0.717, 1.165) is 17.9 Å². The van der Waals surface area contributed by atoms with Gasteiger partial charge in [0.25, 0.3) is 0 Å². The maximum atomic E-state index is 6.16. The number of nitrogens with zero attached hydrogens (tertiary/aromatic N) is 2. The third-order valence-corrected chi connectivity index (χ3v) is 3.37. The first-order valence-corrected chi connectivity index (χ1v) is 7.83. The molecule has 0 atom stereocenters. The van der Waals surface area contributed by atoms with Crippen LogP contribution >= 0.6 is 23.4 Å². The second kappa shape index (κ2) is 6.81. The number of anilines is 1. The lowest BCUT2D eigenvalue weighted by Gasteiger charge is -2.10. The maximum absolute atomic E-state index is 6.16. The van der Waals surface area contributed by atoms with Crippen molar-refractivity contribution < 1.29 is 4.74 Å². The van der Waals surface area contributed by atoms with Crippen LogP contribution in [0.4, 0.5) is 5.82 Å². The van der Waals surface area contributed by atoms with Crippen LogP contribution in [0.15, 0.2) is 29.4 Å².